The molecular weight excluding hydrogens is 458 g/mol. The smallest absolute Gasteiger partial charge is 0.407 e. The Morgan fingerprint density at radius 3 is 2.71 bits per heavy atom. The van der Waals surface area contributed by atoms with Crippen LogP contribution in [0.2, 0.25) is 5.02 Å². The highest BCUT2D eigenvalue weighted by atomic mass is 35.5. The molecular formula is C23H22ClN7O3. The number of rotatable bonds is 5. The van der Waals surface area contributed by atoms with Crippen molar-refractivity contribution in [3.63, 3.8) is 0 Å². The van der Waals surface area contributed by atoms with Crippen LogP contribution in [-0.4, -0.2) is 68.7 Å². The summed E-state index contributed by atoms with van der Waals surface area (Å²) in [5, 5.41) is 12.8. The Labute approximate surface area is 200 Å². The van der Waals surface area contributed by atoms with E-state index in [9.17, 15) is 4.79 Å². The number of carboxylic acid groups (broad SMARTS) is 1. The fraction of sp³-hybridized carbons (Fsp3) is 0.217. The van der Waals surface area contributed by atoms with E-state index in [1.165, 1.54) is 4.90 Å². The van der Waals surface area contributed by atoms with E-state index in [1.54, 1.807) is 19.5 Å². The van der Waals surface area contributed by atoms with Crippen molar-refractivity contribution in [2.45, 2.75) is 0 Å². The quantitative estimate of drug-likeness (QED) is 0.442. The van der Waals surface area contributed by atoms with Gasteiger partial charge in [0.25, 0.3) is 0 Å². The third-order valence-corrected chi connectivity index (χ3v) is 6.03. The van der Waals surface area contributed by atoms with Gasteiger partial charge in [-0.15, -0.1) is 0 Å². The highest BCUT2D eigenvalue weighted by molar-refractivity contribution is 6.32. The van der Waals surface area contributed by atoms with Crippen molar-refractivity contribution in [3.8, 4) is 17.1 Å². The fourth-order valence-electron chi connectivity index (χ4n) is 3.97. The molecule has 11 heteroatoms. The molecule has 0 bridgehead atoms. The summed E-state index contributed by atoms with van der Waals surface area (Å²) in [6.07, 6.45) is 4.30. The van der Waals surface area contributed by atoms with Gasteiger partial charge in [0, 0.05) is 44.1 Å². The predicted octanol–water partition coefficient (Wildman–Crippen LogP) is 4.00. The number of benzene rings is 1. The summed E-state index contributed by atoms with van der Waals surface area (Å²) in [5.74, 6) is 0.986. The predicted molar refractivity (Wildman–Crippen MR) is 129 cm³/mol. The van der Waals surface area contributed by atoms with Crippen molar-refractivity contribution in [2.24, 2.45) is 0 Å². The third kappa shape index (κ3) is 4.15. The third-order valence-electron chi connectivity index (χ3n) is 5.75. The zero-order valence-electron chi connectivity index (χ0n) is 18.3. The summed E-state index contributed by atoms with van der Waals surface area (Å²) >= 11 is 6.42. The molecule has 34 heavy (non-hydrogen) atoms. The second kappa shape index (κ2) is 9.06. The van der Waals surface area contributed by atoms with E-state index in [-0.39, 0.29) is 0 Å². The van der Waals surface area contributed by atoms with Crippen molar-refractivity contribution in [1.29, 1.82) is 0 Å². The SMILES string of the molecule is COc1cc(N2CCN(C(=O)O)CC2)ccc1Nc1ncc(Cl)c(-c2cnc3ccccn23)n1. The van der Waals surface area contributed by atoms with E-state index in [0.717, 1.165) is 17.0 Å². The number of hydrogen-bond acceptors (Lipinski definition) is 7. The topological polar surface area (TPSA) is 108 Å². The highest BCUT2D eigenvalue weighted by Crippen LogP contribution is 2.33. The van der Waals surface area contributed by atoms with Gasteiger partial charge in [-0.05, 0) is 24.3 Å². The van der Waals surface area contributed by atoms with Crippen LogP contribution in [0.15, 0.2) is 55.0 Å². The van der Waals surface area contributed by atoms with Gasteiger partial charge in [-0.3, -0.25) is 4.40 Å². The van der Waals surface area contributed by atoms with Crippen molar-refractivity contribution in [3.05, 3.63) is 60.0 Å². The van der Waals surface area contributed by atoms with Gasteiger partial charge in [0.15, 0.2) is 0 Å². The Morgan fingerprint density at radius 1 is 1.12 bits per heavy atom. The molecule has 5 rings (SSSR count). The van der Waals surface area contributed by atoms with E-state index in [4.69, 9.17) is 21.4 Å². The average Bonchev–Trinajstić information content (AvgIpc) is 3.29. The first kappa shape index (κ1) is 21.8. The Morgan fingerprint density at radius 2 is 1.94 bits per heavy atom. The summed E-state index contributed by atoms with van der Waals surface area (Å²) in [7, 11) is 1.60. The maximum atomic E-state index is 11.2. The number of anilines is 3. The number of nitrogens with zero attached hydrogens (tertiary/aromatic N) is 6. The molecule has 1 aliphatic rings. The summed E-state index contributed by atoms with van der Waals surface area (Å²) in [4.78, 5) is 28.1. The minimum atomic E-state index is -0.886. The van der Waals surface area contributed by atoms with E-state index in [0.29, 0.717) is 54.3 Å². The lowest BCUT2D eigenvalue weighted by atomic mass is 10.2. The van der Waals surface area contributed by atoms with Gasteiger partial charge in [0.05, 0.1) is 35.9 Å². The maximum absolute atomic E-state index is 11.2. The number of methoxy groups -OCH3 is 1. The maximum Gasteiger partial charge on any atom is 0.407 e. The molecule has 1 aromatic carbocycles. The number of amides is 1. The lowest BCUT2D eigenvalue weighted by Crippen LogP contribution is -2.48. The van der Waals surface area contributed by atoms with Gasteiger partial charge >= 0.3 is 6.09 Å². The Balaban J connectivity index is 1.39. The van der Waals surface area contributed by atoms with Gasteiger partial charge in [0.1, 0.15) is 17.1 Å². The molecule has 0 atom stereocenters. The normalized spacial score (nSPS) is 13.8. The molecule has 0 spiro atoms. The molecule has 10 nitrogen and oxygen atoms in total. The summed E-state index contributed by atoms with van der Waals surface area (Å²) in [6, 6.07) is 11.5. The van der Waals surface area contributed by atoms with Gasteiger partial charge in [-0.2, -0.15) is 0 Å². The number of halogens is 1. The molecule has 0 unspecified atom stereocenters. The number of carbonyl (C=O) groups is 1. The highest BCUT2D eigenvalue weighted by Gasteiger charge is 2.21. The minimum absolute atomic E-state index is 0.367. The molecule has 3 aromatic heterocycles. The molecule has 4 aromatic rings. The first-order valence-electron chi connectivity index (χ1n) is 10.7. The number of imidazole rings is 1. The molecule has 1 saturated heterocycles. The molecule has 1 amide bonds. The molecule has 174 valence electrons. The Kier molecular flexibility index (Phi) is 5.81. The van der Waals surface area contributed by atoms with Crippen molar-refractivity contribution < 1.29 is 14.6 Å². The standard InChI is InChI=1S/C23H22ClN7O3/c1-34-19-12-15(29-8-10-30(11-9-29)23(32)33)5-6-17(19)27-22-26-13-16(24)21(28-22)18-14-25-20-4-2-3-7-31(18)20/h2-7,12-14H,8-11H2,1H3,(H,32,33)(H,26,27,28). The van der Waals surface area contributed by atoms with Crippen LogP contribution in [-0.2, 0) is 0 Å². The molecule has 0 radical (unpaired) electrons. The summed E-state index contributed by atoms with van der Waals surface area (Å²) in [5.41, 5.74) is 3.76. The molecule has 0 saturated carbocycles. The molecule has 2 N–H and O–H groups in total. The lowest BCUT2D eigenvalue weighted by molar-refractivity contribution is 0.142. The van der Waals surface area contributed by atoms with Crippen LogP contribution >= 0.6 is 11.6 Å². The van der Waals surface area contributed by atoms with Gasteiger partial charge < -0.3 is 25.0 Å². The van der Waals surface area contributed by atoms with Crippen LogP contribution in [0.1, 0.15) is 0 Å². The van der Waals surface area contributed by atoms with Crippen molar-refractivity contribution in [1.82, 2.24) is 24.3 Å². The summed E-state index contributed by atoms with van der Waals surface area (Å²) in [6.45, 7) is 2.15. The number of aromatic nitrogens is 4. The molecule has 4 heterocycles. The number of hydrogen-bond donors (Lipinski definition) is 2. The summed E-state index contributed by atoms with van der Waals surface area (Å²) < 4.78 is 7.52. The van der Waals surface area contributed by atoms with E-state index < -0.39 is 6.09 Å². The number of pyridine rings is 1. The number of fused-ring (bicyclic) bond motifs is 1. The van der Waals surface area contributed by atoms with Crippen LogP contribution in [0, 0.1) is 0 Å². The van der Waals surface area contributed by atoms with Crippen LogP contribution in [0.5, 0.6) is 5.75 Å². The second-order valence-electron chi connectivity index (χ2n) is 7.73. The second-order valence-corrected chi connectivity index (χ2v) is 8.14. The zero-order chi connectivity index (χ0) is 23.7. The van der Waals surface area contributed by atoms with E-state index >= 15 is 0 Å². The minimum Gasteiger partial charge on any atom is -0.494 e. The number of piperazine rings is 1. The van der Waals surface area contributed by atoms with Crippen molar-refractivity contribution in [2.75, 3.05) is 43.5 Å². The first-order valence-corrected chi connectivity index (χ1v) is 11.0. The van der Waals surface area contributed by atoms with Crippen LogP contribution in [0.4, 0.5) is 22.1 Å². The largest absolute Gasteiger partial charge is 0.494 e. The van der Waals surface area contributed by atoms with E-state index in [1.807, 2.05) is 47.0 Å². The molecule has 1 fully saturated rings. The first-order chi connectivity index (χ1) is 16.5. The molecule has 1 aliphatic heterocycles. The van der Waals surface area contributed by atoms with Crippen molar-refractivity contribution >= 4 is 40.7 Å². The van der Waals surface area contributed by atoms with Crippen LogP contribution < -0.4 is 15.0 Å². The van der Waals surface area contributed by atoms with Crippen LogP contribution in [0.3, 0.4) is 0 Å². The fourth-order valence-corrected chi connectivity index (χ4v) is 4.16. The Hall–Kier alpha value is -4.05. The number of nitrogens with one attached hydrogen (secondary N) is 1. The number of ether oxygens (including phenoxy) is 1. The van der Waals surface area contributed by atoms with Gasteiger partial charge in [-0.1, -0.05) is 17.7 Å². The average molecular weight is 480 g/mol. The van der Waals surface area contributed by atoms with Gasteiger partial charge in [0.2, 0.25) is 5.95 Å². The van der Waals surface area contributed by atoms with Crippen LogP contribution in [0.25, 0.3) is 17.0 Å². The van der Waals surface area contributed by atoms with Gasteiger partial charge in [-0.25, -0.2) is 19.7 Å². The Bertz CT molecular complexity index is 1350. The monoisotopic (exact) mass is 479 g/mol. The van der Waals surface area contributed by atoms with E-state index in [2.05, 4.69) is 25.2 Å². The lowest BCUT2D eigenvalue weighted by Gasteiger charge is -2.34. The molecule has 0 aliphatic carbocycles. The zero-order valence-corrected chi connectivity index (χ0v) is 19.1.